The molecule has 4 N–H and O–H groups in total. The van der Waals surface area contributed by atoms with Gasteiger partial charge in [-0.05, 0) is 104 Å². The molecule has 15 nitrogen and oxygen atoms in total. The van der Waals surface area contributed by atoms with Crippen LogP contribution in [-0.4, -0.2) is 67.3 Å². The number of nitrogens with two attached hydrogens (primary N) is 1. The Balaban J connectivity index is 1.14. The van der Waals surface area contributed by atoms with Crippen LogP contribution in [0.3, 0.4) is 0 Å². The molecule has 342 valence electrons. The second-order valence-electron chi connectivity index (χ2n) is 15.2. The van der Waals surface area contributed by atoms with E-state index >= 15 is 8.78 Å². The van der Waals surface area contributed by atoms with Crippen LogP contribution >= 0.6 is 7.60 Å². The van der Waals surface area contributed by atoms with Crippen molar-refractivity contribution in [2.24, 2.45) is 5.73 Å². The number of ether oxygens (including phenoxy) is 2. The van der Waals surface area contributed by atoms with Crippen LogP contribution in [0, 0.1) is 11.6 Å². The van der Waals surface area contributed by atoms with E-state index in [1.165, 1.54) is 24.0 Å². The normalized spacial score (nSPS) is 16.5. The van der Waals surface area contributed by atoms with E-state index in [1.54, 1.807) is 6.92 Å². The number of benzene rings is 4. The van der Waals surface area contributed by atoms with Crippen molar-refractivity contribution in [3.63, 3.8) is 0 Å². The average Bonchev–Trinajstić information content (AvgIpc) is 3.61. The van der Waals surface area contributed by atoms with Gasteiger partial charge >= 0.3 is 25.2 Å². The van der Waals surface area contributed by atoms with Crippen LogP contribution in [-0.2, 0) is 60.8 Å². The number of alkyl halides is 2. The van der Waals surface area contributed by atoms with E-state index in [-0.39, 0.29) is 41.5 Å². The number of hydrogen-bond donors (Lipinski definition) is 3. The van der Waals surface area contributed by atoms with Gasteiger partial charge in [0.1, 0.15) is 23.7 Å². The van der Waals surface area contributed by atoms with Crippen molar-refractivity contribution in [2.45, 2.75) is 69.7 Å². The van der Waals surface area contributed by atoms with Gasteiger partial charge in [-0.1, -0.05) is 42.5 Å². The molecular formula is C45H43F4N4O11P. The molecule has 0 fully saturated rings. The Morgan fingerprint density at radius 1 is 0.846 bits per heavy atom. The molecule has 0 aromatic heterocycles. The van der Waals surface area contributed by atoms with E-state index in [9.17, 15) is 42.1 Å². The molecule has 4 aromatic rings. The fourth-order valence-corrected chi connectivity index (χ4v) is 8.41. The van der Waals surface area contributed by atoms with Crippen molar-refractivity contribution in [2.75, 3.05) is 18.5 Å². The molecule has 2 aliphatic heterocycles. The van der Waals surface area contributed by atoms with Gasteiger partial charge in [-0.3, -0.25) is 37.7 Å². The molecular weight excluding hydrogens is 879 g/mol. The third-order valence-electron chi connectivity index (χ3n) is 10.6. The first-order chi connectivity index (χ1) is 30.9. The predicted molar refractivity (Wildman–Crippen MR) is 225 cm³/mol. The van der Waals surface area contributed by atoms with E-state index in [0.29, 0.717) is 18.5 Å². The number of hydrogen-bond acceptors (Lipinski definition) is 11. The number of halogens is 4. The Morgan fingerprint density at radius 2 is 1.38 bits per heavy atom. The predicted octanol–water partition coefficient (Wildman–Crippen LogP) is 6.43. The minimum absolute atomic E-state index is 0.0621. The Hall–Kier alpha value is -6.69. The quantitative estimate of drug-likeness (QED) is 0.0326. The molecule has 0 saturated carbocycles. The minimum Gasteiger partial charge on any atom is -0.434 e. The highest BCUT2D eigenvalue weighted by Gasteiger charge is 2.56. The van der Waals surface area contributed by atoms with Crippen molar-refractivity contribution < 1.29 is 69.4 Å². The van der Waals surface area contributed by atoms with Crippen molar-refractivity contribution in [1.29, 1.82) is 0 Å². The maximum atomic E-state index is 16.2. The molecule has 3 atom stereocenters. The maximum Gasteiger partial charge on any atom is 0.410 e. The summed E-state index contributed by atoms with van der Waals surface area (Å²) in [4.78, 5) is 78.6. The highest BCUT2D eigenvalue weighted by atomic mass is 31.2. The lowest BCUT2D eigenvalue weighted by Crippen LogP contribution is -2.55. The summed E-state index contributed by atoms with van der Waals surface area (Å²) in [5, 5.41) is 5.57. The summed E-state index contributed by atoms with van der Waals surface area (Å²) in [5.41, 5.74) is 2.22. The Morgan fingerprint density at radius 3 is 1.94 bits per heavy atom. The summed E-state index contributed by atoms with van der Waals surface area (Å²) in [5.74, 6) is -5.77. The third-order valence-corrected chi connectivity index (χ3v) is 12.4. The molecule has 4 aromatic carbocycles. The van der Waals surface area contributed by atoms with Crippen LogP contribution in [0.25, 0.3) is 5.57 Å². The topological polar surface area (TPSA) is 210 Å². The summed E-state index contributed by atoms with van der Waals surface area (Å²) in [6.45, 7) is 0.540. The van der Waals surface area contributed by atoms with Crippen LogP contribution in [0.2, 0.25) is 0 Å². The number of para-hydroxylation sites is 1. The number of rotatable bonds is 18. The summed E-state index contributed by atoms with van der Waals surface area (Å²) in [6.07, 6.45) is 2.37. The Labute approximate surface area is 369 Å². The molecule has 0 radical (unpaired) electrons. The van der Waals surface area contributed by atoms with Gasteiger partial charge in [0.25, 0.3) is 0 Å². The Bertz CT molecular complexity index is 2470. The van der Waals surface area contributed by atoms with Crippen molar-refractivity contribution in [3.05, 3.63) is 142 Å². The maximum absolute atomic E-state index is 16.2. The second-order valence-corrected chi connectivity index (χ2v) is 17.3. The first-order valence-electron chi connectivity index (χ1n) is 20.1. The monoisotopic (exact) mass is 922 g/mol. The number of allylic oxidation sites excluding steroid dienone is 1. The van der Waals surface area contributed by atoms with Crippen LogP contribution in [0.15, 0.2) is 97.1 Å². The lowest BCUT2D eigenvalue weighted by atomic mass is 10.0. The van der Waals surface area contributed by atoms with E-state index in [4.69, 9.17) is 24.3 Å². The number of anilines is 1. The van der Waals surface area contributed by atoms with E-state index < -0.39 is 97.7 Å². The summed E-state index contributed by atoms with van der Waals surface area (Å²) >= 11 is 0. The highest BCUT2D eigenvalue weighted by Crippen LogP contribution is 2.67. The third kappa shape index (κ3) is 11.3. The summed E-state index contributed by atoms with van der Waals surface area (Å²) in [6, 6.07) is 15.2. The second kappa shape index (κ2) is 20.4. The van der Waals surface area contributed by atoms with E-state index in [1.807, 2.05) is 18.2 Å². The number of amides is 4. The fourth-order valence-electron chi connectivity index (χ4n) is 7.17. The molecule has 0 bridgehead atoms. The molecule has 0 spiro atoms. The van der Waals surface area contributed by atoms with Crippen molar-refractivity contribution in [3.8, 4) is 0 Å². The molecule has 2 aliphatic rings. The minimum atomic E-state index is -5.76. The zero-order valence-corrected chi connectivity index (χ0v) is 35.8. The first-order valence-corrected chi connectivity index (χ1v) is 21.7. The molecule has 6 rings (SSSR count). The summed E-state index contributed by atoms with van der Waals surface area (Å²) in [7, 11) is -5.76. The molecule has 0 aliphatic carbocycles. The molecule has 20 heteroatoms. The first kappa shape index (κ1) is 47.8. The van der Waals surface area contributed by atoms with Gasteiger partial charge in [0.05, 0.1) is 16.8 Å². The Kier molecular flexibility index (Phi) is 15.0. The van der Waals surface area contributed by atoms with Crippen LogP contribution in [0.4, 0.5) is 23.2 Å². The van der Waals surface area contributed by atoms with E-state index in [2.05, 4.69) is 10.6 Å². The van der Waals surface area contributed by atoms with Crippen LogP contribution in [0.1, 0.15) is 76.1 Å². The molecule has 65 heavy (non-hydrogen) atoms. The molecule has 0 unspecified atom stereocenters. The van der Waals surface area contributed by atoms with Crippen LogP contribution in [0.5, 0.6) is 0 Å². The molecule has 4 amide bonds. The van der Waals surface area contributed by atoms with Crippen LogP contribution < -0.4 is 21.3 Å². The molecule has 2 heterocycles. The lowest BCUT2D eigenvalue weighted by molar-refractivity contribution is -0.128. The SMILES string of the molecule is C/C(=C\C(=O)N[C@H]1CCc2cccc3c2N(C1=O)[C@H](C(=O)N[C@H](C)CCC(N)=O)C3)c1ccc(C(F)(F)P(=O)(OCOC(=O)c2ccc(F)cc2)OCOC(=O)c2ccc(F)cc2)cc1. The highest BCUT2D eigenvalue weighted by molar-refractivity contribution is 7.54. The van der Waals surface area contributed by atoms with Crippen molar-refractivity contribution >= 4 is 54.4 Å². The zero-order chi connectivity index (χ0) is 47.1. The van der Waals surface area contributed by atoms with E-state index in [0.717, 1.165) is 77.9 Å². The smallest absolute Gasteiger partial charge is 0.410 e. The number of esters is 2. The van der Waals surface area contributed by atoms with Gasteiger partial charge in [0.15, 0.2) is 0 Å². The van der Waals surface area contributed by atoms with Gasteiger partial charge in [0, 0.05) is 30.5 Å². The number of nitrogens with zero attached hydrogens (tertiary/aromatic N) is 1. The van der Waals surface area contributed by atoms with Gasteiger partial charge in [-0.2, -0.15) is 8.78 Å². The standard InChI is InChI=1S/C45H43F4N4O11P/c1-26(22-39(55)52-36-20-13-29-4-3-5-32-23-37(53(40(29)32)42(36)57)41(56)51-27(2)6-21-38(50)54)28-7-14-33(15-8-28)45(48,49)65(60,63-24-61-43(58)30-9-16-34(46)17-10-30)64-25-62-44(59)31-11-18-35(47)19-12-31/h3-5,7-12,14-19,22,27,36-37H,6,13,20-21,23-25H2,1-2H3,(H2,50,54)(H,51,56)(H,52,55)/b26-22+/t27-,36+,37+/m1/s1. The fraction of sp³-hybridized carbons (Fsp3) is 0.289. The zero-order valence-electron chi connectivity index (χ0n) is 34.9. The summed E-state index contributed by atoms with van der Waals surface area (Å²) < 4.78 is 92.3. The number of carbonyl (C=O) groups excluding carboxylic acids is 6. The van der Waals surface area contributed by atoms with Gasteiger partial charge < -0.3 is 25.8 Å². The average molecular weight is 923 g/mol. The number of primary amides is 1. The van der Waals surface area contributed by atoms with Gasteiger partial charge in [-0.15, -0.1) is 0 Å². The largest absolute Gasteiger partial charge is 0.434 e. The molecule has 0 saturated heterocycles. The number of carbonyl (C=O) groups is 6. The number of nitrogens with one attached hydrogen (secondary N) is 2. The van der Waals surface area contributed by atoms with Gasteiger partial charge in [0.2, 0.25) is 37.2 Å². The van der Waals surface area contributed by atoms with Crippen molar-refractivity contribution in [1.82, 2.24) is 10.6 Å². The van der Waals surface area contributed by atoms with Gasteiger partial charge in [-0.25, -0.2) is 18.4 Å². The lowest BCUT2D eigenvalue weighted by Gasteiger charge is -2.28. The number of aryl methyl sites for hydroxylation is 1.